The second-order valence-corrected chi connectivity index (χ2v) is 6.70. The lowest BCUT2D eigenvalue weighted by Crippen LogP contribution is -2.37. The number of carbonyl (C=O) groups excluding carboxylic acids is 2. The summed E-state index contributed by atoms with van der Waals surface area (Å²) in [5, 5.41) is 13.1. The van der Waals surface area contributed by atoms with Gasteiger partial charge in [-0.25, -0.2) is 0 Å². The van der Waals surface area contributed by atoms with E-state index in [0.717, 1.165) is 0 Å². The number of aliphatic hydroxyl groups is 1. The first-order valence-electron chi connectivity index (χ1n) is 8.68. The summed E-state index contributed by atoms with van der Waals surface area (Å²) in [6.45, 7) is 1.51. The van der Waals surface area contributed by atoms with Crippen molar-refractivity contribution in [2.45, 2.75) is 19.4 Å². The zero-order valence-corrected chi connectivity index (χ0v) is 16.8. The first kappa shape index (κ1) is 22.0. The van der Waals surface area contributed by atoms with Gasteiger partial charge in [-0.2, -0.15) is 0 Å². The SMILES string of the molecule is CCC(=O)c1ccc(OCC(=O)NCC(O)COc2cccc(Cl)c2Cl)cc1. The topological polar surface area (TPSA) is 84.9 Å². The van der Waals surface area contributed by atoms with E-state index in [4.69, 9.17) is 32.7 Å². The monoisotopic (exact) mass is 425 g/mol. The minimum Gasteiger partial charge on any atom is -0.489 e. The summed E-state index contributed by atoms with van der Waals surface area (Å²) in [7, 11) is 0. The molecule has 2 N–H and O–H groups in total. The van der Waals surface area contributed by atoms with Gasteiger partial charge in [-0.1, -0.05) is 36.2 Å². The van der Waals surface area contributed by atoms with Gasteiger partial charge in [-0.15, -0.1) is 0 Å². The van der Waals surface area contributed by atoms with E-state index in [1.165, 1.54) is 0 Å². The van der Waals surface area contributed by atoms with Gasteiger partial charge in [-0.05, 0) is 36.4 Å². The fourth-order valence-corrected chi connectivity index (χ4v) is 2.56. The number of hydrogen-bond acceptors (Lipinski definition) is 5. The van der Waals surface area contributed by atoms with Crippen molar-refractivity contribution in [3.63, 3.8) is 0 Å². The molecule has 0 heterocycles. The normalized spacial score (nSPS) is 11.6. The summed E-state index contributed by atoms with van der Waals surface area (Å²) in [6.07, 6.45) is -0.503. The van der Waals surface area contributed by atoms with E-state index in [1.807, 2.05) is 0 Å². The number of benzene rings is 2. The summed E-state index contributed by atoms with van der Waals surface area (Å²) in [5.41, 5.74) is 0.599. The van der Waals surface area contributed by atoms with Crippen LogP contribution in [-0.2, 0) is 4.79 Å². The van der Waals surface area contributed by atoms with Gasteiger partial charge in [-0.3, -0.25) is 9.59 Å². The van der Waals surface area contributed by atoms with Gasteiger partial charge >= 0.3 is 0 Å². The number of rotatable bonds is 10. The van der Waals surface area contributed by atoms with Gasteiger partial charge in [0.1, 0.15) is 29.2 Å². The maximum atomic E-state index is 11.8. The van der Waals surface area contributed by atoms with Crippen LogP contribution in [0.3, 0.4) is 0 Å². The van der Waals surface area contributed by atoms with Crippen LogP contribution in [0.2, 0.25) is 10.0 Å². The fourth-order valence-electron chi connectivity index (χ4n) is 2.21. The van der Waals surface area contributed by atoms with Gasteiger partial charge in [0, 0.05) is 18.5 Å². The lowest BCUT2D eigenvalue weighted by atomic mass is 10.1. The van der Waals surface area contributed by atoms with Gasteiger partial charge in [0.05, 0.1) is 5.02 Å². The number of ketones is 1. The zero-order chi connectivity index (χ0) is 20.5. The largest absolute Gasteiger partial charge is 0.489 e. The molecule has 8 heteroatoms. The number of amides is 1. The van der Waals surface area contributed by atoms with Crippen molar-refractivity contribution < 1.29 is 24.2 Å². The summed E-state index contributed by atoms with van der Waals surface area (Å²) in [4.78, 5) is 23.4. The van der Waals surface area contributed by atoms with Crippen LogP contribution >= 0.6 is 23.2 Å². The molecule has 0 fully saturated rings. The van der Waals surface area contributed by atoms with Crippen LogP contribution in [0.25, 0.3) is 0 Å². The quantitative estimate of drug-likeness (QED) is 0.568. The smallest absolute Gasteiger partial charge is 0.258 e. The van der Waals surface area contributed by atoms with E-state index >= 15 is 0 Å². The van der Waals surface area contributed by atoms with Crippen molar-refractivity contribution in [3.05, 3.63) is 58.1 Å². The fraction of sp³-hybridized carbons (Fsp3) is 0.300. The molecule has 0 aromatic heterocycles. The van der Waals surface area contributed by atoms with Crippen LogP contribution < -0.4 is 14.8 Å². The van der Waals surface area contributed by atoms with Crippen LogP contribution in [-0.4, -0.2) is 42.7 Å². The van der Waals surface area contributed by atoms with Gasteiger partial charge < -0.3 is 19.9 Å². The Morgan fingerprint density at radius 2 is 1.82 bits per heavy atom. The lowest BCUT2D eigenvalue weighted by molar-refractivity contribution is -0.123. The number of nitrogens with one attached hydrogen (secondary N) is 1. The first-order chi connectivity index (χ1) is 13.4. The average molecular weight is 426 g/mol. The average Bonchev–Trinajstić information content (AvgIpc) is 2.71. The third kappa shape index (κ3) is 6.71. The molecule has 1 unspecified atom stereocenters. The van der Waals surface area contributed by atoms with E-state index in [-0.39, 0.29) is 30.6 Å². The molecular weight excluding hydrogens is 405 g/mol. The number of ether oxygens (including phenoxy) is 2. The second-order valence-electron chi connectivity index (χ2n) is 5.91. The summed E-state index contributed by atoms with van der Waals surface area (Å²) in [6, 6.07) is 11.5. The Bertz CT molecular complexity index is 811. The Morgan fingerprint density at radius 1 is 1.11 bits per heavy atom. The molecule has 6 nitrogen and oxygen atoms in total. The summed E-state index contributed by atoms with van der Waals surface area (Å²) < 4.78 is 10.8. The van der Waals surface area contributed by atoms with Crippen molar-refractivity contribution in [2.24, 2.45) is 0 Å². The van der Waals surface area contributed by atoms with Crippen LogP contribution in [0.1, 0.15) is 23.7 Å². The molecular formula is C20H21Cl2NO5. The predicted octanol–water partition coefficient (Wildman–Crippen LogP) is 3.52. The second kappa shape index (κ2) is 10.9. The summed E-state index contributed by atoms with van der Waals surface area (Å²) >= 11 is 11.9. The van der Waals surface area contributed by atoms with E-state index in [0.29, 0.717) is 28.5 Å². The molecule has 150 valence electrons. The highest BCUT2D eigenvalue weighted by molar-refractivity contribution is 6.42. The number of hydrogen-bond donors (Lipinski definition) is 2. The minimum absolute atomic E-state index is 0.00961. The van der Waals surface area contributed by atoms with E-state index in [9.17, 15) is 14.7 Å². The van der Waals surface area contributed by atoms with Crippen molar-refractivity contribution >= 4 is 34.9 Å². The molecule has 2 rings (SSSR count). The minimum atomic E-state index is -0.932. The molecule has 2 aromatic carbocycles. The number of carbonyl (C=O) groups is 2. The van der Waals surface area contributed by atoms with Crippen LogP contribution in [0, 0.1) is 0 Å². The lowest BCUT2D eigenvalue weighted by Gasteiger charge is -2.14. The molecule has 0 saturated carbocycles. The molecule has 0 aliphatic heterocycles. The number of aliphatic hydroxyl groups excluding tert-OH is 1. The molecule has 28 heavy (non-hydrogen) atoms. The van der Waals surface area contributed by atoms with E-state index in [2.05, 4.69) is 5.32 Å². The summed E-state index contributed by atoms with van der Waals surface area (Å²) in [5.74, 6) is 0.475. The third-order valence-corrected chi connectivity index (χ3v) is 4.55. The van der Waals surface area contributed by atoms with Crippen molar-refractivity contribution in [1.82, 2.24) is 5.32 Å². The Hall–Kier alpha value is -2.28. The molecule has 0 spiro atoms. The Kier molecular flexibility index (Phi) is 8.57. The van der Waals surface area contributed by atoms with Crippen molar-refractivity contribution in [3.8, 4) is 11.5 Å². The molecule has 2 aromatic rings. The number of halogens is 2. The molecule has 0 aliphatic carbocycles. The van der Waals surface area contributed by atoms with E-state index in [1.54, 1.807) is 49.4 Å². The Labute approximate surface area is 173 Å². The standard InChI is InChI=1S/C20H21Cl2NO5/c1-2-17(25)13-6-8-15(9-7-13)27-12-19(26)23-10-14(24)11-28-18-5-3-4-16(21)20(18)22/h3-9,14,24H,2,10-12H2,1H3,(H,23,26). The molecule has 1 amide bonds. The number of Topliss-reactive ketones (excluding diaryl/α,β-unsaturated/α-hetero) is 1. The maximum Gasteiger partial charge on any atom is 0.258 e. The zero-order valence-electron chi connectivity index (χ0n) is 15.3. The van der Waals surface area contributed by atoms with Gasteiger partial charge in [0.15, 0.2) is 12.4 Å². The predicted molar refractivity (Wildman–Crippen MR) is 108 cm³/mol. The highest BCUT2D eigenvalue weighted by Gasteiger charge is 2.11. The first-order valence-corrected chi connectivity index (χ1v) is 9.44. The highest BCUT2D eigenvalue weighted by atomic mass is 35.5. The van der Waals surface area contributed by atoms with E-state index < -0.39 is 12.0 Å². The molecule has 0 radical (unpaired) electrons. The van der Waals surface area contributed by atoms with Crippen molar-refractivity contribution in [1.29, 1.82) is 0 Å². The molecule has 0 saturated heterocycles. The Morgan fingerprint density at radius 3 is 2.50 bits per heavy atom. The van der Waals surface area contributed by atoms with Crippen molar-refractivity contribution in [2.75, 3.05) is 19.8 Å². The van der Waals surface area contributed by atoms with Crippen LogP contribution in [0.4, 0.5) is 0 Å². The highest BCUT2D eigenvalue weighted by Crippen LogP contribution is 2.31. The van der Waals surface area contributed by atoms with Crippen LogP contribution in [0.5, 0.6) is 11.5 Å². The van der Waals surface area contributed by atoms with Gasteiger partial charge in [0.25, 0.3) is 5.91 Å². The van der Waals surface area contributed by atoms with Gasteiger partial charge in [0.2, 0.25) is 0 Å². The Balaban J connectivity index is 1.70. The third-order valence-electron chi connectivity index (χ3n) is 3.75. The van der Waals surface area contributed by atoms with Crippen LogP contribution in [0.15, 0.2) is 42.5 Å². The molecule has 0 bridgehead atoms. The molecule has 1 atom stereocenters. The maximum absolute atomic E-state index is 11.8. The molecule has 0 aliphatic rings.